The van der Waals surface area contributed by atoms with E-state index in [-0.39, 0.29) is 18.2 Å². The molecule has 152 valence electrons. The van der Waals surface area contributed by atoms with Gasteiger partial charge in [-0.15, -0.1) is 0 Å². The summed E-state index contributed by atoms with van der Waals surface area (Å²) in [6, 6.07) is 16.5. The zero-order chi connectivity index (χ0) is 20.9. The van der Waals surface area contributed by atoms with E-state index in [1.807, 2.05) is 0 Å². The van der Waals surface area contributed by atoms with Crippen molar-refractivity contribution in [2.24, 2.45) is 0 Å². The first kappa shape index (κ1) is 19.7. The maximum absolute atomic E-state index is 13.3. The number of ether oxygens (including phenoxy) is 1. The Hall–Kier alpha value is -3.65. The summed E-state index contributed by atoms with van der Waals surface area (Å²) in [6.45, 7) is 0.527. The third-order valence-corrected chi connectivity index (χ3v) is 4.38. The molecule has 0 aliphatic carbocycles. The average Bonchev–Trinajstić information content (AvgIpc) is 3.36. The van der Waals surface area contributed by atoms with Gasteiger partial charge in [0, 0.05) is 23.5 Å². The zero-order valence-corrected chi connectivity index (χ0v) is 16.5. The number of halogens is 2. The Kier molecular flexibility index (Phi) is 5.76. The molecule has 0 spiro atoms. The second-order valence-electron chi connectivity index (χ2n) is 6.45. The molecule has 0 aliphatic rings. The number of amides is 1. The molecule has 2 aromatic carbocycles. The molecule has 0 unspecified atom stereocenters. The van der Waals surface area contributed by atoms with E-state index in [0.29, 0.717) is 23.1 Å². The molecule has 1 N–H and O–H groups in total. The van der Waals surface area contributed by atoms with Crippen LogP contribution in [-0.4, -0.2) is 25.5 Å². The second-order valence-corrected chi connectivity index (χ2v) is 6.89. The molecule has 1 amide bonds. The summed E-state index contributed by atoms with van der Waals surface area (Å²) in [5.74, 6) is 0.282. The van der Waals surface area contributed by atoms with Crippen molar-refractivity contribution in [2.45, 2.75) is 13.3 Å². The Morgan fingerprint density at radius 2 is 1.87 bits per heavy atom. The number of rotatable bonds is 7. The molecule has 30 heavy (non-hydrogen) atoms. The molecule has 4 rings (SSSR count). The minimum atomic E-state index is -0.396. The number of nitrogens with one attached hydrogen (secondary N) is 1. The Labute approximate surface area is 176 Å². The number of benzene rings is 2. The highest BCUT2D eigenvalue weighted by atomic mass is 35.5. The Morgan fingerprint density at radius 3 is 2.70 bits per heavy atom. The van der Waals surface area contributed by atoms with Crippen molar-refractivity contribution >= 4 is 23.3 Å². The zero-order valence-electron chi connectivity index (χ0n) is 15.7. The van der Waals surface area contributed by atoms with E-state index in [1.165, 1.54) is 16.8 Å². The summed E-state index contributed by atoms with van der Waals surface area (Å²) < 4.78 is 22.0. The van der Waals surface area contributed by atoms with E-state index in [9.17, 15) is 9.18 Å². The van der Waals surface area contributed by atoms with E-state index < -0.39 is 5.91 Å². The van der Waals surface area contributed by atoms with Gasteiger partial charge in [0.15, 0.2) is 18.2 Å². The van der Waals surface area contributed by atoms with Crippen LogP contribution in [0.2, 0.25) is 5.02 Å². The van der Waals surface area contributed by atoms with Gasteiger partial charge in [0.25, 0.3) is 5.91 Å². The van der Waals surface area contributed by atoms with Crippen molar-refractivity contribution in [1.29, 1.82) is 0 Å². The maximum Gasteiger partial charge on any atom is 0.277 e. The van der Waals surface area contributed by atoms with Gasteiger partial charge in [0.2, 0.25) is 0 Å². The highest BCUT2D eigenvalue weighted by molar-refractivity contribution is 6.30. The fraction of sp³-hybridized carbons (Fsp3) is 0.0952. The van der Waals surface area contributed by atoms with Crippen LogP contribution >= 0.6 is 11.6 Å². The molecule has 0 aliphatic heterocycles. The smallest absolute Gasteiger partial charge is 0.277 e. The number of nitrogens with zero attached hydrogens (tertiary/aromatic N) is 4. The molecule has 7 nitrogen and oxygen atoms in total. The van der Waals surface area contributed by atoms with Crippen LogP contribution in [-0.2, 0) is 13.3 Å². The first-order valence-corrected chi connectivity index (χ1v) is 9.44. The average molecular weight is 426 g/mol. The van der Waals surface area contributed by atoms with Crippen molar-refractivity contribution in [3.05, 3.63) is 95.2 Å². The SMILES string of the molecule is O=C(Nc1ccn(Cc2cccc(F)c2)n1)c1ccn(COc2cccc(Cl)c2)n1. The maximum atomic E-state index is 13.3. The molecule has 0 radical (unpaired) electrons. The van der Waals surface area contributed by atoms with E-state index in [1.54, 1.807) is 65.6 Å². The van der Waals surface area contributed by atoms with Crippen molar-refractivity contribution in [2.75, 3.05) is 5.32 Å². The third kappa shape index (κ3) is 5.03. The van der Waals surface area contributed by atoms with Gasteiger partial charge in [-0.1, -0.05) is 29.8 Å². The predicted molar refractivity (Wildman–Crippen MR) is 110 cm³/mol. The van der Waals surface area contributed by atoms with Crippen molar-refractivity contribution in [3.63, 3.8) is 0 Å². The lowest BCUT2D eigenvalue weighted by Crippen LogP contribution is -2.15. The summed E-state index contributed by atoms with van der Waals surface area (Å²) in [4.78, 5) is 12.4. The monoisotopic (exact) mass is 425 g/mol. The van der Waals surface area contributed by atoms with Gasteiger partial charge in [-0.25, -0.2) is 9.07 Å². The fourth-order valence-corrected chi connectivity index (χ4v) is 2.95. The topological polar surface area (TPSA) is 74.0 Å². The van der Waals surface area contributed by atoms with Crippen LogP contribution in [0.4, 0.5) is 10.2 Å². The second kappa shape index (κ2) is 8.79. The Bertz CT molecular complexity index is 1170. The van der Waals surface area contributed by atoms with E-state index in [0.717, 1.165) is 5.56 Å². The van der Waals surface area contributed by atoms with Crippen molar-refractivity contribution in [3.8, 4) is 5.75 Å². The number of carbonyl (C=O) groups is 1. The van der Waals surface area contributed by atoms with Gasteiger partial charge < -0.3 is 10.1 Å². The minimum absolute atomic E-state index is 0.135. The Morgan fingerprint density at radius 1 is 1.03 bits per heavy atom. The lowest BCUT2D eigenvalue weighted by atomic mass is 10.2. The van der Waals surface area contributed by atoms with Crippen LogP contribution in [0.15, 0.2) is 73.1 Å². The fourth-order valence-electron chi connectivity index (χ4n) is 2.77. The largest absolute Gasteiger partial charge is 0.471 e. The summed E-state index contributed by atoms with van der Waals surface area (Å²) in [7, 11) is 0. The van der Waals surface area contributed by atoms with Gasteiger partial charge in [-0.05, 0) is 42.0 Å². The summed E-state index contributed by atoms with van der Waals surface area (Å²) >= 11 is 5.92. The lowest BCUT2D eigenvalue weighted by Gasteiger charge is -2.06. The van der Waals surface area contributed by atoms with Gasteiger partial charge in [0.05, 0.1) is 6.54 Å². The Balaban J connectivity index is 1.34. The highest BCUT2D eigenvalue weighted by Crippen LogP contribution is 2.17. The number of aromatic nitrogens is 4. The predicted octanol–water partition coefficient (Wildman–Crippen LogP) is 4.21. The molecule has 0 saturated carbocycles. The lowest BCUT2D eigenvalue weighted by molar-refractivity contribution is 0.101. The molecule has 0 bridgehead atoms. The highest BCUT2D eigenvalue weighted by Gasteiger charge is 2.12. The number of hydrogen-bond acceptors (Lipinski definition) is 4. The summed E-state index contributed by atoms with van der Waals surface area (Å²) in [5, 5.41) is 11.7. The molecule has 9 heteroatoms. The molecule has 0 fully saturated rings. The van der Waals surface area contributed by atoms with Crippen LogP contribution in [0.25, 0.3) is 0 Å². The molecule has 4 aromatic rings. The number of hydrogen-bond donors (Lipinski definition) is 1. The molecule has 0 saturated heterocycles. The van der Waals surface area contributed by atoms with E-state index >= 15 is 0 Å². The standard InChI is InChI=1S/C21H17ClFN5O2/c22-16-4-2-6-18(12-16)30-14-28-9-7-19(25-28)21(29)24-20-8-10-27(26-20)13-15-3-1-5-17(23)11-15/h1-12H,13-14H2,(H,24,26,29). The van der Waals surface area contributed by atoms with Gasteiger partial charge in [0.1, 0.15) is 11.6 Å². The van der Waals surface area contributed by atoms with Crippen LogP contribution in [0.3, 0.4) is 0 Å². The minimum Gasteiger partial charge on any atom is -0.471 e. The molecule has 2 heterocycles. The van der Waals surface area contributed by atoms with E-state index in [4.69, 9.17) is 16.3 Å². The van der Waals surface area contributed by atoms with Gasteiger partial charge >= 0.3 is 0 Å². The van der Waals surface area contributed by atoms with Gasteiger partial charge in [-0.2, -0.15) is 10.2 Å². The summed E-state index contributed by atoms with van der Waals surface area (Å²) in [6.07, 6.45) is 3.35. The molecular formula is C21H17ClFN5O2. The first-order valence-electron chi connectivity index (χ1n) is 9.06. The number of anilines is 1. The summed E-state index contributed by atoms with van der Waals surface area (Å²) in [5.41, 5.74) is 0.999. The van der Waals surface area contributed by atoms with Gasteiger partial charge in [-0.3, -0.25) is 9.48 Å². The van der Waals surface area contributed by atoms with E-state index in [2.05, 4.69) is 15.5 Å². The molecular weight excluding hydrogens is 409 g/mol. The van der Waals surface area contributed by atoms with Crippen molar-refractivity contribution < 1.29 is 13.9 Å². The van der Waals surface area contributed by atoms with Crippen LogP contribution in [0.5, 0.6) is 5.75 Å². The molecule has 0 atom stereocenters. The number of carbonyl (C=O) groups excluding carboxylic acids is 1. The van der Waals surface area contributed by atoms with Crippen LogP contribution in [0.1, 0.15) is 16.1 Å². The normalized spacial score (nSPS) is 10.7. The first-order chi connectivity index (χ1) is 14.5. The third-order valence-electron chi connectivity index (χ3n) is 4.15. The quantitative estimate of drug-likeness (QED) is 0.481. The molecule has 2 aromatic heterocycles. The van der Waals surface area contributed by atoms with Crippen LogP contribution in [0, 0.1) is 5.82 Å². The van der Waals surface area contributed by atoms with Crippen molar-refractivity contribution in [1.82, 2.24) is 19.6 Å². The van der Waals surface area contributed by atoms with Crippen LogP contribution < -0.4 is 10.1 Å².